The minimum Gasteiger partial charge on any atom is -0.373 e. The number of fused-ring (bicyclic) bond motifs is 2. The zero-order valence-corrected chi connectivity index (χ0v) is 36.2. The maximum Gasteiger partial charge on any atom is 0.428 e. The van der Waals surface area contributed by atoms with Crippen molar-refractivity contribution in [3.63, 3.8) is 0 Å². The van der Waals surface area contributed by atoms with Crippen molar-refractivity contribution in [2.45, 2.75) is 48.7 Å². The molecule has 0 saturated heterocycles. The van der Waals surface area contributed by atoms with E-state index in [2.05, 4.69) is 51.0 Å². The van der Waals surface area contributed by atoms with Crippen LogP contribution in [0.5, 0.6) is 0 Å². The summed E-state index contributed by atoms with van der Waals surface area (Å²) in [6.07, 6.45) is -11.3. The summed E-state index contributed by atoms with van der Waals surface area (Å²) in [7, 11) is 0. The first-order valence-electron chi connectivity index (χ1n) is 18.7. The predicted octanol–water partition coefficient (Wildman–Crippen LogP) is 8.68. The highest BCUT2D eigenvalue weighted by Crippen LogP contribution is 2.44. The van der Waals surface area contributed by atoms with Crippen LogP contribution in [-0.4, -0.2) is 108 Å². The Morgan fingerprint density at radius 3 is 1.42 bits per heavy atom. The van der Waals surface area contributed by atoms with Gasteiger partial charge in [-0.25, -0.2) is 48.7 Å². The number of alkyl halides is 12. The van der Waals surface area contributed by atoms with Gasteiger partial charge in [0, 0.05) is 56.6 Å². The zero-order chi connectivity index (χ0) is 50.7. The van der Waals surface area contributed by atoms with E-state index in [-0.39, 0.29) is 22.5 Å². The van der Waals surface area contributed by atoms with Crippen LogP contribution < -0.4 is 11.1 Å². The number of halogens is 15. The maximum absolute atomic E-state index is 14.1. The van der Waals surface area contributed by atoms with E-state index in [4.69, 9.17) is 16.7 Å². The molecule has 8 aromatic rings. The van der Waals surface area contributed by atoms with Crippen molar-refractivity contribution in [1.29, 1.82) is 0 Å². The minimum absolute atomic E-state index is 0.0701. The number of anilines is 1. The van der Waals surface area contributed by atoms with Gasteiger partial charge in [-0.05, 0) is 44.8 Å². The van der Waals surface area contributed by atoms with Crippen molar-refractivity contribution in [2.75, 3.05) is 18.4 Å². The highest BCUT2D eigenvalue weighted by Gasteiger charge is 2.71. The second-order valence-corrected chi connectivity index (χ2v) is 16.0. The van der Waals surface area contributed by atoms with Crippen molar-refractivity contribution in [1.82, 2.24) is 48.7 Å². The number of nitrogens with one attached hydrogen (secondary N) is 1. The molecule has 0 spiro atoms. The first-order valence-corrected chi connectivity index (χ1v) is 21.0. The Bertz CT molecular complexity index is 2970. The molecule has 8 rings (SSSR count). The molecule has 0 radical (unpaired) electrons. The van der Waals surface area contributed by atoms with Gasteiger partial charge in [0.05, 0.1) is 30.3 Å². The Labute approximate surface area is 389 Å². The predicted molar refractivity (Wildman–Crippen MR) is 219 cm³/mol. The van der Waals surface area contributed by atoms with Crippen molar-refractivity contribution in [3.8, 4) is 23.0 Å². The van der Waals surface area contributed by atoms with Gasteiger partial charge in [0.2, 0.25) is 0 Å². The monoisotopic (exact) mass is 1050 g/mol. The fraction of sp³-hybridized carbons (Fsp3) is 0.263. The molecule has 0 aromatic carbocycles. The number of aromatic nitrogens is 10. The van der Waals surface area contributed by atoms with Crippen LogP contribution >= 0.6 is 34.3 Å². The molecule has 14 nitrogen and oxygen atoms in total. The third kappa shape index (κ3) is 11.5. The number of hydrogen-bond acceptors (Lipinski definition) is 14. The third-order valence-electron chi connectivity index (χ3n) is 9.38. The minimum atomic E-state index is -6.07. The van der Waals surface area contributed by atoms with E-state index < -0.39 is 66.4 Å². The van der Waals surface area contributed by atoms with Gasteiger partial charge in [-0.1, -0.05) is 11.6 Å². The number of aliphatic hydroxyl groups is 2. The molecule has 0 unspecified atom stereocenters. The summed E-state index contributed by atoms with van der Waals surface area (Å²) in [5.41, 5.74) is -0.495. The van der Waals surface area contributed by atoms with Crippen LogP contribution in [0.25, 0.3) is 34.3 Å². The van der Waals surface area contributed by atoms with Crippen LogP contribution in [0.15, 0.2) is 83.2 Å². The summed E-state index contributed by atoms with van der Waals surface area (Å²) in [5, 5.41) is 26.6. The molecule has 8 heterocycles. The van der Waals surface area contributed by atoms with Crippen LogP contribution in [-0.2, 0) is 12.8 Å². The van der Waals surface area contributed by atoms with Gasteiger partial charge in [-0.15, -0.1) is 0 Å². The van der Waals surface area contributed by atoms with Gasteiger partial charge in [-0.3, -0.25) is 0 Å². The quantitative estimate of drug-likeness (QED) is 0.0755. The van der Waals surface area contributed by atoms with Crippen molar-refractivity contribution >= 4 is 51.4 Å². The molecular formula is C38H27ClF14N12O2S2. The van der Waals surface area contributed by atoms with Gasteiger partial charge in [0.15, 0.2) is 45.5 Å². The molecule has 69 heavy (non-hydrogen) atoms. The molecule has 368 valence electrons. The van der Waals surface area contributed by atoms with E-state index in [0.717, 1.165) is 28.7 Å². The Morgan fingerprint density at radius 2 is 1.04 bits per heavy atom. The molecule has 0 aliphatic heterocycles. The lowest BCUT2D eigenvalue weighted by molar-refractivity contribution is -0.363. The Morgan fingerprint density at radius 1 is 0.609 bits per heavy atom. The Balaban J connectivity index is 0.000000192. The Hall–Kier alpha value is -6.21. The molecule has 8 aromatic heterocycles. The molecule has 0 saturated carbocycles. The number of thiophene rings is 2. The zero-order valence-electron chi connectivity index (χ0n) is 33.8. The van der Waals surface area contributed by atoms with Gasteiger partial charge in [-0.2, -0.15) is 75.4 Å². The average molecular weight is 1050 g/mol. The van der Waals surface area contributed by atoms with Crippen LogP contribution in [0, 0.1) is 11.6 Å². The molecule has 5 N–H and O–H groups in total. The molecular weight excluding hydrogens is 1020 g/mol. The van der Waals surface area contributed by atoms with E-state index in [9.17, 15) is 66.6 Å². The first-order chi connectivity index (χ1) is 32.2. The normalized spacial score (nSPS) is 12.7. The highest BCUT2D eigenvalue weighted by atomic mass is 35.5. The van der Waals surface area contributed by atoms with E-state index in [1.165, 1.54) is 23.7 Å². The lowest BCUT2D eigenvalue weighted by atomic mass is 10.0. The SMILES string of the molecule is Fc1cnc(-c2cn3ccnc3c(Cc3ccsc3)n2)nc1Cl.NCC(O)(C(F)(F)F)C(F)(F)F.OC(CNc1nc(-c2cn3ccnc3c(Cc3ccsc3)n2)ncc1F)(C(F)(F)F)C(F)(F)F. The number of nitrogens with two attached hydrogens (primary N) is 1. The molecule has 0 bridgehead atoms. The number of imidazole rings is 2. The van der Waals surface area contributed by atoms with E-state index in [1.807, 2.05) is 38.9 Å². The smallest absolute Gasteiger partial charge is 0.373 e. The second kappa shape index (κ2) is 20.0. The summed E-state index contributed by atoms with van der Waals surface area (Å²) in [6.45, 7) is -4.06. The fourth-order valence-corrected chi connectivity index (χ4v) is 7.13. The van der Waals surface area contributed by atoms with Gasteiger partial charge in [0.1, 0.15) is 11.4 Å². The summed E-state index contributed by atoms with van der Waals surface area (Å²) in [5.74, 6) is -2.94. The standard InChI is InChI=1S/C19H13F7N6OS.C15H9ClFN5S.C4H5F6NO/c20-11-6-28-15(31-14(11)29-9-17(33,18(21,22)23)19(24,25)26)13-7-32-3-2-27-16(32)12(30-13)5-10-1-4-34-8-10;16-13-10(17)6-19-14(21-13)12-7-22-3-2-18-15(22)11(20-12)5-9-1-4-23-8-9;5-3(6,7)2(12,1-11)4(8,9)10/h1-4,6-8,33H,5,9H2,(H,28,29,31);1-4,6-8H,5H2;12H,1,11H2. The van der Waals surface area contributed by atoms with Gasteiger partial charge >= 0.3 is 24.7 Å². The molecule has 0 aliphatic rings. The van der Waals surface area contributed by atoms with Gasteiger partial charge in [0.25, 0.3) is 11.2 Å². The van der Waals surface area contributed by atoms with Gasteiger partial charge < -0.3 is 30.1 Å². The highest BCUT2D eigenvalue weighted by molar-refractivity contribution is 7.08. The topological polar surface area (TPSA) is 190 Å². The fourth-order valence-electron chi connectivity index (χ4n) is 5.67. The summed E-state index contributed by atoms with van der Waals surface area (Å²) in [6, 6.07) is 3.92. The van der Waals surface area contributed by atoms with E-state index >= 15 is 0 Å². The lowest BCUT2D eigenvalue weighted by Crippen LogP contribution is -2.61. The number of rotatable bonds is 10. The molecule has 31 heteroatoms. The van der Waals surface area contributed by atoms with E-state index in [1.54, 1.807) is 39.6 Å². The van der Waals surface area contributed by atoms with Crippen molar-refractivity contribution < 1.29 is 71.7 Å². The molecule has 0 amide bonds. The Kier molecular flexibility index (Phi) is 15.1. The second-order valence-electron chi connectivity index (χ2n) is 14.1. The first kappa shape index (κ1) is 52.2. The summed E-state index contributed by atoms with van der Waals surface area (Å²) in [4.78, 5) is 33.0. The van der Waals surface area contributed by atoms with Crippen molar-refractivity contribution in [3.05, 3.63) is 123 Å². The van der Waals surface area contributed by atoms with E-state index in [0.29, 0.717) is 36.1 Å². The number of nitrogens with zero attached hydrogens (tertiary/aromatic N) is 10. The largest absolute Gasteiger partial charge is 0.428 e. The molecule has 0 aliphatic carbocycles. The maximum atomic E-state index is 14.1. The van der Waals surface area contributed by atoms with Crippen molar-refractivity contribution in [2.24, 2.45) is 5.73 Å². The van der Waals surface area contributed by atoms with Crippen LogP contribution in [0.1, 0.15) is 22.5 Å². The number of hydrogen-bond donors (Lipinski definition) is 4. The van der Waals surface area contributed by atoms with Crippen LogP contribution in [0.2, 0.25) is 5.15 Å². The summed E-state index contributed by atoms with van der Waals surface area (Å²) < 4.78 is 178. The third-order valence-corrected chi connectivity index (χ3v) is 11.1. The average Bonchev–Trinajstić information content (AvgIpc) is 4.12. The molecule has 0 fully saturated rings. The lowest BCUT2D eigenvalue weighted by Gasteiger charge is -2.32. The van der Waals surface area contributed by atoms with Crippen LogP contribution in [0.4, 0.5) is 67.3 Å². The molecule has 0 atom stereocenters. The summed E-state index contributed by atoms with van der Waals surface area (Å²) >= 11 is 8.85. The van der Waals surface area contributed by atoms with Crippen LogP contribution in [0.3, 0.4) is 0 Å².